The number of hydrogen-bond donors (Lipinski definition) is 1. The van der Waals surface area contributed by atoms with E-state index in [0.29, 0.717) is 17.1 Å². The summed E-state index contributed by atoms with van der Waals surface area (Å²) in [4.78, 5) is 20.2. The molecule has 2 heterocycles. The van der Waals surface area contributed by atoms with Crippen molar-refractivity contribution < 1.29 is 4.39 Å². The van der Waals surface area contributed by atoms with E-state index in [9.17, 15) is 9.18 Å². The van der Waals surface area contributed by atoms with Crippen molar-refractivity contribution in [1.29, 1.82) is 0 Å². The van der Waals surface area contributed by atoms with Gasteiger partial charge in [-0.05, 0) is 42.5 Å². The smallest absolute Gasteiger partial charge is 0.283 e. The zero-order valence-electron chi connectivity index (χ0n) is 11.2. The van der Waals surface area contributed by atoms with Crippen LogP contribution in [0.15, 0.2) is 57.9 Å². The number of fused-ring (bicyclic) bond motifs is 3. The average molecular weight is 358 g/mol. The monoisotopic (exact) mass is 357 g/mol. The molecule has 0 aromatic heterocycles. The van der Waals surface area contributed by atoms with Crippen LogP contribution in [-0.2, 0) is 0 Å². The molecular formula is C16H9BrFN3O. The van der Waals surface area contributed by atoms with Crippen molar-refractivity contribution in [2.45, 2.75) is 0 Å². The Morgan fingerprint density at radius 1 is 1.14 bits per heavy atom. The molecule has 22 heavy (non-hydrogen) atoms. The summed E-state index contributed by atoms with van der Waals surface area (Å²) in [7, 11) is 0. The molecule has 0 aliphatic carbocycles. The summed E-state index contributed by atoms with van der Waals surface area (Å²) in [6.45, 7) is 0. The van der Waals surface area contributed by atoms with Crippen LogP contribution < -0.4 is 5.56 Å². The number of H-pyrrole nitrogens is 1. The maximum atomic E-state index is 13.0. The minimum atomic E-state index is -0.345. The van der Waals surface area contributed by atoms with Crippen molar-refractivity contribution in [3.8, 4) is 17.1 Å². The van der Waals surface area contributed by atoms with E-state index < -0.39 is 0 Å². The van der Waals surface area contributed by atoms with Crippen LogP contribution in [0.2, 0.25) is 0 Å². The highest BCUT2D eigenvalue weighted by Crippen LogP contribution is 2.23. The van der Waals surface area contributed by atoms with Gasteiger partial charge < -0.3 is 4.98 Å². The summed E-state index contributed by atoms with van der Waals surface area (Å²) in [6, 6.07) is 11.4. The van der Waals surface area contributed by atoms with Crippen LogP contribution in [0.3, 0.4) is 0 Å². The van der Waals surface area contributed by atoms with E-state index >= 15 is 0 Å². The van der Waals surface area contributed by atoms with Crippen molar-refractivity contribution in [2.24, 2.45) is 0 Å². The molecule has 2 aromatic rings. The van der Waals surface area contributed by atoms with Crippen LogP contribution in [0.4, 0.5) is 4.39 Å². The Labute approximate surface area is 132 Å². The van der Waals surface area contributed by atoms with Gasteiger partial charge in [-0.25, -0.2) is 9.37 Å². The van der Waals surface area contributed by atoms with Crippen LogP contribution >= 0.6 is 15.9 Å². The molecule has 108 valence electrons. The second-order valence-electron chi connectivity index (χ2n) is 4.92. The van der Waals surface area contributed by atoms with E-state index in [2.05, 4.69) is 25.9 Å². The maximum Gasteiger partial charge on any atom is 0.283 e. The Bertz CT molecular complexity index is 1020. The zero-order chi connectivity index (χ0) is 15.3. The van der Waals surface area contributed by atoms with Gasteiger partial charge in [0.1, 0.15) is 11.5 Å². The predicted molar refractivity (Wildman–Crippen MR) is 86.0 cm³/mol. The molecular weight excluding hydrogens is 349 g/mol. The molecule has 6 heteroatoms. The SMILES string of the molecule is O=c1c(-c2ccc(F)cc2)nc2c[nH]c3ccc(Br)cc3n1-2. The van der Waals surface area contributed by atoms with Gasteiger partial charge in [0, 0.05) is 16.2 Å². The van der Waals surface area contributed by atoms with Gasteiger partial charge in [-0.3, -0.25) is 9.36 Å². The van der Waals surface area contributed by atoms with E-state index in [1.54, 1.807) is 22.9 Å². The minimum Gasteiger partial charge on any atom is -0.357 e. The van der Waals surface area contributed by atoms with Gasteiger partial charge in [0.25, 0.3) is 5.56 Å². The molecule has 0 radical (unpaired) electrons. The average Bonchev–Trinajstić information content (AvgIpc) is 2.85. The van der Waals surface area contributed by atoms with E-state index in [4.69, 9.17) is 0 Å². The van der Waals surface area contributed by atoms with Crippen LogP contribution in [0.5, 0.6) is 0 Å². The molecule has 0 amide bonds. The summed E-state index contributed by atoms with van der Waals surface area (Å²) in [5, 5.41) is 0. The Morgan fingerprint density at radius 3 is 2.68 bits per heavy atom. The number of rotatable bonds is 1. The van der Waals surface area contributed by atoms with Crippen LogP contribution in [-0.4, -0.2) is 14.5 Å². The van der Waals surface area contributed by atoms with Crippen LogP contribution in [0.1, 0.15) is 0 Å². The molecule has 2 aromatic carbocycles. The first-order valence-electron chi connectivity index (χ1n) is 6.59. The quantitative estimate of drug-likeness (QED) is 0.564. The molecule has 1 N–H and O–H groups in total. The Balaban J connectivity index is 2.06. The minimum absolute atomic E-state index is 0.223. The third-order valence-electron chi connectivity index (χ3n) is 3.54. The fourth-order valence-corrected chi connectivity index (χ4v) is 2.85. The number of aromatic nitrogens is 3. The standard InChI is InChI=1S/C16H9BrFN3O/c17-10-3-6-12-13(7-10)21-14(8-19-12)20-15(16(21)22)9-1-4-11(18)5-2-9/h1-8,19H. The number of benzene rings is 2. The molecule has 0 saturated heterocycles. The van der Waals surface area contributed by atoms with Crippen LogP contribution in [0.25, 0.3) is 28.1 Å². The fraction of sp³-hybridized carbons (Fsp3) is 0. The van der Waals surface area contributed by atoms with Crippen molar-refractivity contribution in [3.05, 3.63) is 69.3 Å². The lowest BCUT2D eigenvalue weighted by atomic mass is 10.2. The van der Waals surface area contributed by atoms with Gasteiger partial charge in [0.15, 0.2) is 5.82 Å². The van der Waals surface area contributed by atoms with Gasteiger partial charge in [-0.1, -0.05) is 15.9 Å². The van der Waals surface area contributed by atoms with Gasteiger partial charge in [-0.15, -0.1) is 0 Å². The lowest BCUT2D eigenvalue weighted by Crippen LogP contribution is -2.14. The molecule has 4 nitrogen and oxygen atoms in total. The highest BCUT2D eigenvalue weighted by Gasteiger charge is 2.18. The highest BCUT2D eigenvalue weighted by molar-refractivity contribution is 9.10. The topological polar surface area (TPSA) is 50.7 Å². The lowest BCUT2D eigenvalue weighted by Gasteiger charge is -2.06. The van der Waals surface area contributed by atoms with E-state index in [-0.39, 0.29) is 11.4 Å². The summed E-state index contributed by atoms with van der Waals surface area (Å²) in [5.41, 5.74) is 2.24. The first kappa shape index (κ1) is 13.2. The number of aromatic amines is 1. The number of hydrogen-bond acceptors (Lipinski definition) is 2. The third kappa shape index (κ3) is 1.95. The van der Waals surface area contributed by atoms with E-state index in [1.165, 1.54) is 12.1 Å². The fourth-order valence-electron chi connectivity index (χ4n) is 2.50. The summed E-state index contributed by atoms with van der Waals surface area (Å²) < 4.78 is 15.5. The summed E-state index contributed by atoms with van der Waals surface area (Å²) in [6.07, 6.45) is 1.69. The normalized spacial score (nSPS) is 11.4. The van der Waals surface area contributed by atoms with E-state index in [0.717, 1.165) is 15.5 Å². The van der Waals surface area contributed by atoms with Crippen molar-refractivity contribution >= 4 is 27.0 Å². The Kier molecular flexibility index (Phi) is 2.87. The highest BCUT2D eigenvalue weighted by atomic mass is 79.9. The second-order valence-corrected chi connectivity index (χ2v) is 5.83. The second kappa shape index (κ2) is 4.78. The largest absolute Gasteiger partial charge is 0.357 e. The summed E-state index contributed by atoms with van der Waals surface area (Å²) in [5.74, 6) is 0.178. The predicted octanol–water partition coefficient (Wildman–Crippen LogP) is 3.72. The Morgan fingerprint density at radius 2 is 1.91 bits per heavy atom. The lowest BCUT2D eigenvalue weighted by molar-refractivity contribution is 0.628. The molecule has 4 rings (SSSR count). The maximum absolute atomic E-state index is 13.0. The number of nitrogens with one attached hydrogen (secondary N) is 1. The molecule has 2 aliphatic rings. The first-order valence-corrected chi connectivity index (χ1v) is 7.38. The third-order valence-corrected chi connectivity index (χ3v) is 4.03. The molecule has 0 spiro atoms. The Hall–Kier alpha value is -2.47. The molecule has 2 aliphatic heterocycles. The number of imidazole rings is 1. The van der Waals surface area contributed by atoms with Crippen molar-refractivity contribution in [1.82, 2.24) is 14.5 Å². The van der Waals surface area contributed by atoms with Gasteiger partial charge in [-0.2, -0.15) is 0 Å². The van der Waals surface area contributed by atoms with Crippen molar-refractivity contribution in [3.63, 3.8) is 0 Å². The molecule has 0 bridgehead atoms. The van der Waals surface area contributed by atoms with Gasteiger partial charge in [0.05, 0.1) is 11.0 Å². The molecule has 0 fully saturated rings. The first-order chi connectivity index (χ1) is 10.6. The van der Waals surface area contributed by atoms with Gasteiger partial charge >= 0.3 is 0 Å². The van der Waals surface area contributed by atoms with E-state index in [1.807, 2.05) is 18.2 Å². The molecule has 0 saturated carbocycles. The van der Waals surface area contributed by atoms with Gasteiger partial charge in [0.2, 0.25) is 0 Å². The summed E-state index contributed by atoms with van der Waals surface area (Å²) >= 11 is 3.41. The zero-order valence-corrected chi connectivity index (χ0v) is 12.8. The number of nitrogens with zero attached hydrogens (tertiary/aromatic N) is 2. The molecule has 0 atom stereocenters. The van der Waals surface area contributed by atoms with Crippen molar-refractivity contribution in [2.75, 3.05) is 0 Å². The van der Waals surface area contributed by atoms with Crippen LogP contribution in [0, 0.1) is 5.82 Å². The number of halogens is 2. The molecule has 0 unspecified atom stereocenters.